The van der Waals surface area contributed by atoms with Crippen LogP contribution in [0.2, 0.25) is 5.15 Å². The van der Waals surface area contributed by atoms with Crippen LogP contribution in [-0.4, -0.2) is 4.98 Å². The largest absolute Gasteiger partial charge is 0.236 e. The lowest BCUT2D eigenvalue weighted by Gasteiger charge is -2.02. The van der Waals surface area contributed by atoms with Gasteiger partial charge in [0.1, 0.15) is 5.15 Å². The zero-order valence-corrected chi connectivity index (χ0v) is 7.44. The number of aromatic nitrogens is 1. The van der Waals surface area contributed by atoms with Crippen molar-refractivity contribution in [2.45, 2.75) is 13.8 Å². The summed E-state index contributed by atoms with van der Waals surface area (Å²) in [7, 11) is 0. The molecule has 0 radical (unpaired) electrons. The molecule has 1 aromatic rings. The van der Waals surface area contributed by atoms with Crippen molar-refractivity contribution in [2.24, 2.45) is 0 Å². The van der Waals surface area contributed by atoms with E-state index in [4.69, 9.17) is 11.6 Å². The summed E-state index contributed by atoms with van der Waals surface area (Å²) in [6.07, 6.45) is 0. The number of rotatable bonds is 1. The summed E-state index contributed by atoms with van der Waals surface area (Å²) in [5.74, 6) is 0. The third-order valence-corrected chi connectivity index (χ3v) is 1.68. The Morgan fingerprint density at radius 1 is 1.55 bits per heavy atom. The highest BCUT2D eigenvalue weighted by molar-refractivity contribution is 6.29. The molecule has 1 rings (SSSR count). The highest BCUT2D eigenvalue weighted by Gasteiger charge is 2.00. The predicted molar refractivity (Wildman–Crippen MR) is 48.7 cm³/mol. The molecule has 0 fully saturated rings. The van der Waals surface area contributed by atoms with Crippen LogP contribution in [0, 0.1) is 6.92 Å². The van der Waals surface area contributed by atoms with Crippen molar-refractivity contribution in [3.63, 3.8) is 0 Å². The lowest BCUT2D eigenvalue weighted by molar-refractivity contribution is 1.21. The van der Waals surface area contributed by atoms with Crippen molar-refractivity contribution >= 4 is 17.2 Å². The van der Waals surface area contributed by atoms with Gasteiger partial charge >= 0.3 is 0 Å². The van der Waals surface area contributed by atoms with Gasteiger partial charge in [0.05, 0.1) is 5.69 Å². The maximum atomic E-state index is 5.71. The molecule has 0 unspecified atom stereocenters. The van der Waals surface area contributed by atoms with Crippen LogP contribution in [0.3, 0.4) is 0 Å². The molecule has 0 saturated heterocycles. The molecular weight excluding hydrogens is 158 g/mol. The van der Waals surface area contributed by atoms with Gasteiger partial charge in [0.25, 0.3) is 0 Å². The van der Waals surface area contributed by atoms with Crippen LogP contribution in [0.4, 0.5) is 0 Å². The third-order valence-electron chi connectivity index (χ3n) is 1.47. The van der Waals surface area contributed by atoms with E-state index in [9.17, 15) is 0 Å². The smallest absolute Gasteiger partial charge is 0.129 e. The van der Waals surface area contributed by atoms with E-state index in [1.54, 1.807) is 6.07 Å². The number of aryl methyl sites for hydroxylation is 1. The fraction of sp³-hybridized carbons (Fsp3) is 0.222. The Labute approximate surface area is 71.7 Å². The van der Waals surface area contributed by atoms with E-state index in [0.29, 0.717) is 5.15 Å². The van der Waals surface area contributed by atoms with E-state index >= 15 is 0 Å². The van der Waals surface area contributed by atoms with Crippen LogP contribution < -0.4 is 0 Å². The summed E-state index contributed by atoms with van der Waals surface area (Å²) in [6.45, 7) is 7.72. The number of pyridine rings is 1. The van der Waals surface area contributed by atoms with Crippen LogP contribution in [-0.2, 0) is 0 Å². The van der Waals surface area contributed by atoms with Gasteiger partial charge < -0.3 is 0 Å². The second kappa shape index (κ2) is 3.05. The van der Waals surface area contributed by atoms with E-state index in [2.05, 4.69) is 11.6 Å². The SMILES string of the molecule is C=C(C)c1nc(Cl)ccc1C. The Balaban J connectivity index is 3.23. The van der Waals surface area contributed by atoms with E-state index < -0.39 is 0 Å². The number of halogens is 1. The van der Waals surface area contributed by atoms with Crippen LogP contribution in [0.1, 0.15) is 18.2 Å². The Morgan fingerprint density at radius 2 is 2.18 bits per heavy atom. The van der Waals surface area contributed by atoms with Crippen molar-refractivity contribution in [3.05, 3.63) is 35.1 Å². The summed E-state index contributed by atoms with van der Waals surface area (Å²) in [5.41, 5.74) is 2.96. The summed E-state index contributed by atoms with van der Waals surface area (Å²) in [5, 5.41) is 0.522. The van der Waals surface area contributed by atoms with Gasteiger partial charge in [-0.15, -0.1) is 0 Å². The first-order chi connectivity index (χ1) is 5.11. The highest BCUT2D eigenvalue weighted by Crippen LogP contribution is 2.16. The molecule has 1 heterocycles. The van der Waals surface area contributed by atoms with Gasteiger partial charge in [-0.2, -0.15) is 0 Å². The minimum Gasteiger partial charge on any atom is -0.236 e. The highest BCUT2D eigenvalue weighted by atomic mass is 35.5. The first-order valence-corrected chi connectivity index (χ1v) is 3.78. The molecular formula is C9H10ClN. The van der Waals surface area contributed by atoms with Gasteiger partial charge in [-0.25, -0.2) is 4.98 Å². The molecule has 0 bridgehead atoms. The van der Waals surface area contributed by atoms with Crippen LogP contribution >= 0.6 is 11.6 Å². The maximum Gasteiger partial charge on any atom is 0.129 e. The summed E-state index contributed by atoms with van der Waals surface area (Å²) < 4.78 is 0. The van der Waals surface area contributed by atoms with Gasteiger partial charge in [-0.1, -0.05) is 24.2 Å². The molecule has 1 nitrogen and oxygen atoms in total. The average Bonchev–Trinajstić information content (AvgIpc) is 1.94. The number of nitrogens with zero attached hydrogens (tertiary/aromatic N) is 1. The topological polar surface area (TPSA) is 12.9 Å². The Bertz CT molecular complexity index is 292. The number of hydrogen-bond acceptors (Lipinski definition) is 1. The van der Waals surface area contributed by atoms with Gasteiger partial charge in [-0.3, -0.25) is 0 Å². The molecule has 0 N–H and O–H groups in total. The molecule has 0 spiro atoms. The van der Waals surface area contributed by atoms with Gasteiger partial charge in [0.15, 0.2) is 0 Å². The van der Waals surface area contributed by atoms with Crippen LogP contribution in [0.15, 0.2) is 18.7 Å². The van der Waals surface area contributed by atoms with Crippen molar-refractivity contribution in [2.75, 3.05) is 0 Å². The van der Waals surface area contributed by atoms with E-state index in [0.717, 1.165) is 16.8 Å². The second-order valence-electron chi connectivity index (χ2n) is 2.58. The average molecular weight is 168 g/mol. The molecule has 0 saturated carbocycles. The lowest BCUT2D eigenvalue weighted by Crippen LogP contribution is -1.89. The Kier molecular flexibility index (Phi) is 2.30. The summed E-state index contributed by atoms with van der Waals surface area (Å²) >= 11 is 5.71. The number of allylic oxidation sites excluding steroid dienone is 1. The monoisotopic (exact) mass is 167 g/mol. The van der Waals surface area contributed by atoms with E-state index in [1.807, 2.05) is 19.9 Å². The molecule has 2 heteroatoms. The standard InChI is InChI=1S/C9H10ClN/c1-6(2)9-7(3)4-5-8(10)11-9/h4-5H,1H2,2-3H3. The second-order valence-corrected chi connectivity index (χ2v) is 2.97. The molecule has 0 aromatic carbocycles. The Hall–Kier alpha value is -0.820. The minimum atomic E-state index is 0.522. The van der Waals surface area contributed by atoms with Gasteiger partial charge in [0, 0.05) is 0 Å². The predicted octanol–water partition coefficient (Wildman–Crippen LogP) is 3.08. The van der Waals surface area contributed by atoms with Gasteiger partial charge in [0.2, 0.25) is 0 Å². The molecule has 0 aliphatic heterocycles. The molecule has 0 aliphatic carbocycles. The molecule has 58 valence electrons. The first-order valence-electron chi connectivity index (χ1n) is 3.40. The normalized spacial score (nSPS) is 9.73. The van der Waals surface area contributed by atoms with E-state index in [1.165, 1.54) is 0 Å². The zero-order chi connectivity index (χ0) is 8.43. The van der Waals surface area contributed by atoms with E-state index in [-0.39, 0.29) is 0 Å². The molecule has 0 aliphatic rings. The molecule has 11 heavy (non-hydrogen) atoms. The van der Waals surface area contributed by atoms with Crippen LogP contribution in [0.25, 0.3) is 5.57 Å². The first kappa shape index (κ1) is 8.28. The molecule has 1 aromatic heterocycles. The van der Waals surface area contributed by atoms with Crippen molar-refractivity contribution in [1.29, 1.82) is 0 Å². The van der Waals surface area contributed by atoms with Crippen molar-refractivity contribution in [1.82, 2.24) is 4.98 Å². The molecule has 0 atom stereocenters. The summed E-state index contributed by atoms with van der Waals surface area (Å²) in [6, 6.07) is 3.72. The lowest BCUT2D eigenvalue weighted by atomic mass is 10.1. The summed E-state index contributed by atoms with van der Waals surface area (Å²) in [4.78, 5) is 4.14. The van der Waals surface area contributed by atoms with Crippen LogP contribution in [0.5, 0.6) is 0 Å². The zero-order valence-electron chi connectivity index (χ0n) is 6.69. The fourth-order valence-corrected chi connectivity index (χ4v) is 1.08. The molecule has 0 amide bonds. The Morgan fingerprint density at radius 3 is 2.64 bits per heavy atom. The fourth-order valence-electron chi connectivity index (χ4n) is 0.937. The quantitative estimate of drug-likeness (QED) is 0.586. The minimum absolute atomic E-state index is 0.522. The third kappa shape index (κ3) is 1.81. The number of hydrogen-bond donors (Lipinski definition) is 0. The maximum absolute atomic E-state index is 5.71. The van der Waals surface area contributed by atoms with Gasteiger partial charge in [-0.05, 0) is 31.1 Å². The van der Waals surface area contributed by atoms with Crippen molar-refractivity contribution in [3.8, 4) is 0 Å². The van der Waals surface area contributed by atoms with Crippen molar-refractivity contribution < 1.29 is 0 Å².